The number of hydrogen-bond acceptors (Lipinski definition) is 3. The SMILES string of the molecule is CN=C(NCCCOC1CCCCC1)NCCCN(C)CC(F)(F)F.I. The molecule has 2 N–H and O–H groups in total. The van der Waals surface area contributed by atoms with Gasteiger partial charge < -0.3 is 15.4 Å². The molecule has 0 atom stereocenters. The van der Waals surface area contributed by atoms with Crippen molar-refractivity contribution in [3.63, 3.8) is 0 Å². The Balaban J connectivity index is 0.00000625. The molecule has 0 bridgehead atoms. The molecule has 0 heterocycles. The minimum Gasteiger partial charge on any atom is -0.378 e. The zero-order chi connectivity index (χ0) is 18.5. The summed E-state index contributed by atoms with van der Waals surface area (Å²) in [7, 11) is 3.16. The zero-order valence-corrected chi connectivity index (χ0v) is 18.2. The maximum atomic E-state index is 12.2. The molecule has 26 heavy (non-hydrogen) atoms. The van der Waals surface area contributed by atoms with Gasteiger partial charge in [0.1, 0.15) is 0 Å². The van der Waals surface area contributed by atoms with E-state index in [4.69, 9.17) is 4.74 Å². The van der Waals surface area contributed by atoms with Crippen molar-refractivity contribution < 1.29 is 17.9 Å². The highest BCUT2D eigenvalue weighted by Crippen LogP contribution is 2.20. The van der Waals surface area contributed by atoms with Crippen molar-refractivity contribution in [3.8, 4) is 0 Å². The van der Waals surface area contributed by atoms with Gasteiger partial charge in [-0.3, -0.25) is 9.89 Å². The van der Waals surface area contributed by atoms with Crippen LogP contribution in [0.1, 0.15) is 44.9 Å². The Hall–Kier alpha value is -0.290. The van der Waals surface area contributed by atoms with Crippen LogP contribution in [0.25, 0.3) is 0 Å². The summed E-state index contributed by atoms with van der Waals surface area (Å²) in [6.07, 6.45) is 4.06. The largest absolute Gasteiger partial charge is 0.401 e. The van der Waals surface area contributed by atoms with Gasteiger partial charge >= 0.3 is 6.18 Å². The highest BCUT2D eigenvalue weighted by atomic mass is 127. The highest BCUT2D eigenvalue weighted by molar-refractivity contribution is 14.0. The van der Waals surface area contributed by atoms with Gasteiger partial charge in [-0.05, 0) is 39.3 Å². The van der Waals surface area contributed by atoms with Crippen LogP contribution in [-0.2, 0) is 4.74 Å². The third kappa shape index (κ3) is 13.9. The van der Waals surface area contributed by atoms with Crippen LogP contribution in [0.4, 0.5) is 13.2 Å². The average molecular weight is 494 g/mol. The predicted molar refractivity (Wildman–Crippen MR) is 110 cm³/mol. The normalized spacial score (nSPS) is 16.5. The lowest BCUT2D eigenvalue weighted by molar-refractivity contribution is -0.143. The van der Waals surface area contributed by atoms with E-state index >= 15 is 0 Å². The third-order valence-corrected chi connectivity index (χ3v) is 4.20. The van der Waals surface area contributed by atoms with Gasteiger partial charge in [0.2, 0.25) is 0 Å². The van der Waals surface area contributed by atoms with Gasteiger partial charge in [0.15, 0.2) is 5.96 Å². The summed E-state index contributed by atoms with van der Waals surface area (Å²) in [5.74, 6) is 0.677. The van der Waals surface area contributed by atoms with Crippen LogP contribution in [0.15, 0.2) is 4.99 Å². The Bertz CT molecular complexity index is 378. The number of ether oxygens (including phenoxy) is 1. The molecule has 0 radical (unpaired) electrons. The van der Waals surface area contributed by atoms with E-state index in [-0.39, 0.29) is 24.0 Å². The molecule has 0 aromatic rings. The summed E-state index contributed by atoms with van der Waals surface area (Å²) in [5, 5.41) is 6.32. The van der Waals surface area contributed by atoms with E-state index in [0.29, 0.717) is 31.6 Å². The molecule has 1 rings (SSSR count). The number of rotatable bonds is 10. The number of alkyl halides is 3. The summed E-state index contributed by atoms with van der Waals surface area (Å²) in [5.41, 5.74) is 0. The quantitative estimate of drug-likeness (QED) is 0.212. The van der Waals surface area contributed by atoms with E-state index in [2.05, 4.69) is 15.6 Å². The van der Waals surface area contributed by atoms with Gasteiger partial charge in [0.25, 0.3) is 0 Å². The molecule has 9 heteroatoms. The van der Waals surface area contributed by atoms with Gasteiger partial charge in [0.05, 0.1) is 12.6 Å². The van der Waals surface area contributed by atoms with Gasteiger partial charge in [0, 0.05) is 26.7 Å². The lowest BCUT2D eigenvalue weighted by Gasteiger charge is -2.22. The van der Waals surface area contributed by atoms with Crippen molar-refractivity contribution in [2.45, 2.75) is 57.2 Å². The highest BCUT2D eigenvalue weighted by Gasteiger charge is 2.28. The van der Waals surface area contributed by atoms with Crippen molar-refractivity contribution >= 4 is 29.9 Å². The fourth-order valence-electron chi connectivity index (χ4n) is 2.92. The topological polar surface area (TPSA) is 48.9 Å². The van der Waals surface area contributed by atoms with E-state index in [1.165, 1.54) is 44.1 Å². The Kier molecular flexibility index (Phi) is 14.6. The van der Waals surface area contributed by atoms with Crippen LogP contribution in [0.3, 0.4) is 0 Å². The third-order valence-electron chi connectivity index (χ3n) is 4.20. The van der Waals surface area contributed by atoms with Crippen LogP contribution in [-0.4, -0.2) is 70.0 Å². The van der Waals surface area contributed by atoms with Crippen molar-refractivity contribution in [3.05, 3.63) is 0 Å². The second-order valence-corrected chi connectivity index (χ2v) is 6.62. The van der Waals surface area contributed by atoms with Crippen molar-refractivity contribution in [1.82, 2.24) is 15.5 Å². The van der Waals surface area contributed by atoms with Gasteiger partial charge in [-0.25, -0.2) is 0 Å². The first-order valence-corrected chi connectivity index (χ1v) is 9.22. The lowest BCUT2D eigenvalue weighted by Crippen LogP contribution is -2.39. The first-order chi connectivity index (χ1) is 11.9. The molecule has 1 aliphatic carbocycles. The number of nitrogens with one attached hydrogen (secondary N) is 2. The number of hydrogen-bond donors (Lipinski definition) is 2. The minimum absolute atomic E-state index is 0. The zero-order valence-electron chi connectivity index (χ0n) is 15.9. The predicted octanol–water partition coefficient (Wildman–Crippen LogP) is 3.39. The summed E-state index contributed by atoms with van der Waals surface area (Å²) >= 11 is 0. The van der Waals surface area contributed by atoms with Gasteiger partial charge in [-0.1, -0.05) is 19.3 Å². The molecule has 1 aliphatic rings. The van der Waals surface area contributed by atoms with Gasteiger partial charge in [-0.2, -0.15) is 13.2 Å². The summed E-state index contributed by atoms with van der Waals surface area (Å²) < 4.78 is 42.5. The monoisotopic (exact) mass is 494 g/mol. The molecule has 0 aromatic carbocycles. The first-order valence-electron chi connectivity index (χ1n) is 9.22. The maximum absolute atomic E-state index is 12.2. The van der Waals surface area contributed by atoms with Crippen molar-refractivity contribution in [2.24, 2.45) is 4.99 Å². The molecule has 5 nitrogen and oxygen atoms in total. The number of halogens is 4. The molecule has 0 aromatic heterocycles. The Morgan fingerprint density at radius 1 is 1.12 bits per heavy atom. The van der Waals surface area contributed by atoms with E-state index in [9.17, 15) is 13.2 Å². The Morgan fingerprint density at radius 3 is 2.31 bits per heavy atom. The fourth-order valence-corrected chi connectivity index (χ4v) is 2.92. The van der Waals surface area contributed by atoms with E-state index < -0.39 is 12.7 Å². The molecule has 0 saturated heterocycles. The molecular weight excluding hydrogens is 460 g/mol. The fraction of sp³-hybridized carbons (Fsp3) is 0.941. The number of aliphatic imine (C=N–C) groups is 1. The maximum Gasteiger partial charge on any atom is 0.401 e. The number of nitrogens with zero attached hydrogens (tertiary/aromatic N) is 2. The summed E-state index contributed by atoms with van der Waals surface area (Å²) in [4.78, 5) is 5.39. The molecule has 0 amide bonds. The minimum atomic E-state index is -4.14. The second kappa shape index (κ2) is 14.7. The smallest absolute Gasteiger partial charge is 0.378 e. The van der Waals surface area contributed by atoms with Gasteiger partial charge in [-0.15, -0.1) is 24.0 Å². The van der Waals surface area contributed by atoms with Crippen molar-refractivity contribution in [2.75, 3.05) is 46.9 Å². The van der Waals surface area contributed by atoms with Crippen LogP contribution >= 0.6 is 24.0 Å². The number of guanidine groups is 1. The van der Waals surface area contributed by atoms with E-state index in [1.54, 1.807) is 7.05 Å². The Morgan fingerprint density at radius 2 is 1.73 bits per heavy atom. The van der Waals surface area contributed by atoms with Crippen molar-refractivity contribution in [1.29, 1.82) is 0 Å². The van der Waals surface area contributed by atoms with E-state index in [0.717, 1.165) is 19.6 Å². The molecule has 156 valence electrons. The average Bonchev–Trinajstić information content (AvgIpc) is 2.55. The lowest BCUT2D eigenvalue weighted by atomic mass is 9.98. The molecule has 0 unspecified atom stereocenters. The summed E-state index contributed by atoms with van der Waals surface area (Å²) in [6, 6.07) is 0. The summed E-state index contributed by atoms with van der Waals surface area (Å²) in [6.45, 7) is 1.61. The Labute approximate surface area is 172 Å². The van der Waals surface area contributed by atoms with Crippen LogP contribution in [0.2, 0.25) is 0 Å². The van der Waals surface area contributed by atoms with E-state index in [1.807, 2.05) is 0 Å². The molecule has 1 saturated carbocycles. The van der Waals surface area contributed by atoms with Crippen LogP contribution in [0.5, 0.6) is 0 Å². The van der Waals surface area contributed by atoms with Crippen LogP contribution < -0.4 is 10.6 Å². The second-order valence-electron chi connectivity index (χ2n) is 6.62. The standard InChI is InChI=1S/C17H33F3N4O.HI/c1-21-16(22-10-6-12-24(2)14-17(18,19)20)23-11-7-13-25-15-8-4-3-5-9-15;/h15H,3-14H2,1-2H3,(H2,21,22,23);1H. The molecule has 0 spiro atoms. The molecule has 1 fully saturated rings. The molecule has 0 aliphatic heterocycles. The molecular formula is C17H34F3IN4O. The van der Waals surface area contributed by atoms with Crippen LogP contribution in [0, 0.1) is 0 Å². The first kappa shape index (κ1) is 25.7.